The Morgan fingerprint density at radius 2 is 2.23 bits per heavy atom. The summed E-state index contributed by atoms with van der Waals surface area (Å²) in [5.41, 5.74) is 1.51. The molecule has 0 aliphatic carbocycles. The van der Waals surface area contributed by atoms with Gasteiger partial charge in [-0.25, -0.2) is 4.21 Å². The minimum absolute atomic E-state index is 0.156. The quantitative estimate of drug-likeness (QED) is 0.793. The monoisotopic (exact) mass is 322 g/mol. The SMILES string of the molecule is CN1C(=N)N(C)S(=O)[C@H]2CCOc3ccc(NC=O)cc3C21. The lowest BCUT2D eigenvalue weighted by Crippen LogP contribution is -2.54. The molecule has 118 valence electrons. The number of carbonyl (C=O) groups excluding carboxylic acids is 1. The van der Waals surface area contributed by atoms with Crippen LogP contribution in [0, 0.1) is 5.41 Å². The van der Waals surface area contributed by atoms with Crippen LogP contribution < -0.4 is 10.1 Å². The van der Waals surface area contributed by atoms with Gasteiger partial charge in [-0.1, -0.05) is 0 Å². The number of fused-ring (bicyclic) bond motifs is 3. The van der Waals surface area contributed by atoms with Crippen molar-refractivity contribution in [2.24, 2.45) is 0 Å². The fourth-order valence-electron chi connectivity index (χ4n) is 3.02. The molecule has 2 N–H and O–H groups in total. The number of amides is 1. The van der Waals surface area contributed by atoms with Crippen molar-refractivity contribution in [3.8, 4) is 5.75 Å². The van der Waals surface area contributed by atoms with E-state index in [1.54, 1.807) is 13.1 Å². The minimum Gasteiger partial charge on any atom is -0.493 e. The molecule has 1 saturated heterocycles. The van der Waals surface area contributed by atoms with Crippen molar-refractivity contribution in [3.05, 3.63) is 23.8 Å². The molecule has 8 heteroatoms. The van der Waals surface area contributed by atoms with Crippen LogP contribution >= 0.6 is 0 Å². The van der Waals surface area contributed by atoms with E-state index >= 15 is 0 Å². The van der Waals surface area contributed by atoms with Gasteiger partial charge in [0.15, 0.2) is 0 Å². The zero-order chi connectivity index (χ0) is 15.9. The average Bonchev–Trinajstić information content (AvgIpc) is 2.70. The van der Waals surface area contributed by atoms with Crippen molar-refractivity contribution in [3.63, 3.8) is 0 Å². The van der Waals surface area contributed by atoms with Crippen molar-refractivity contribution in [2.75, 3.05) is 26.0 Å². The molecule has 0 saturated carbocycles. The van der Waals surface area contributed by atoms with Gasteiger partial charge >= 0.3 is 0 Å². The fourth-order valence-corrected chi connectivity index (χ4v) is 4.58. The molecule has 1 aromatic carbocycles. The number of anilines is 1. The highest BCUT2D eigenvalue weighted by Crippen LogP contribution is 2.41. The summed E-state index contributed by atoms with van der Waals surface area (Å²) in [5, 5.41) is 10.6. The normalized spacial score (nSPS) is 27.4. The van der Waals surface area contributed by atoms with Crippen molar-refractivity contribution < 1.29 is 13.7 Å². The molecule has 2 heterocycles. The number of hydrogen-bond donors (Lipinski definition) is 2. The number of nitrogens with one attached hydrogen (secondary N) is 2. The van der Waals surface area contributed by atoms with Gasteiger partial charge in [-0.05, 0) is 24.6 Å². The molecule has 3 atom stereocenters. The Morgan fingerprint density at radius 3 is 2.95 bits per heavy atom. The third kappa shape index (κ3) is 2.23. The third-order valence-electron chi connectivity index (χ3n) is 4.14. The molecule has 0 aromatic heterocycles. The van der Waals surface area contributed by atoms with Crippen LogP contribution in [0.3, 0.4) is 0 Å². The third-order valence-corrected chi connectivity index (χ3v) is 5.87. The molecule has 1 aromatic rings. The summed E-state index contributed by atoms with van der Waals surface area (Å²) in [7, 11) is 2.21. The zero-order valence-electron chi connectivity index (χ0n) is 12.4. The van der Waals surface area contributed by atoms with E-state index in [4.69, 9.17) is 10.1 Å². The average molecular weight is 322 g/mol. The highest BCUT2D eigenvalue weighted by molar-refractivity contribution is 7.84. The first-order valence-electron chi connectivity index (χ1n) is 6.97. The summed E-state index contributed by atoms with van der Waals surface area (Å²) < 4.78 is 19.9. The van der Waals surface area contributed by atoms with Crippen LogP contribution in [0.2, 0.25) is 0 Å². The minimum atomic E-state index is -1.28. The first-order valence-corrected chi connectivity index (χ1v) is 8.14. The Balaban J connectivity index is 2.10. The lowest BCUT2D eigenvalue weighted by Gasteiger charge is -2.43. The number of hydrogen-bond acceptors (Lipinski definition) is 4. The van der Waals surface area contributed by atoms with Gasteiger partial charge in [0.25, 0.3) is 0 Å². The maximum atomic E-state index is 12.6. The molecule has 0 radical (unpaired) electrons. The largest absolute Gasteiger partial charge is 0.493 e. The van der Waals surface area contributed by atoms with Crippen molar-refractivity contribution in [1.82, 2.24) is 9.21 Å². The topological polar surface area (TPSA) is 85.7 Å². The molecule has 22 heavy (non-hydrogen) atoms. The summed E-state index contributed by atoms with van der Waals surface area (Å²) >= 11 is 0. The standard InChI is InChI=1S/C14H18N4O3S/c1-17-13-10-7-9(16-8-19)3-4-11(10)21-6-5-12(13)22(20)18(2)14(17)15/h3-4,7-8,12-13,15H,5-6H2,1-2H3,(H,16,19)/t12-,13?,22?/m0/s1. The van der Waals surface area contributed by atoms with Gasteiger partial charge in [0.2, 0.25) is 12.4 Å². The summed E-state index contributed by atoms with van der Waals surface area (Å²) in [4.78, 5) is 12.5. The van der Waals surface area contributed by atoms with Crippen LogP contribution in [0.25, 0.3) is 0 Å². The number of nitrogens with zero attached hydrogens (tertiary/aromatic N) is 2. The number of carbonyl (C=O) groups is 1. The molecule has 2 aliphatic heterocycles. The van der Waals surface area contributed by atoms with E-state index in [0.29, 0.717) is 30.9 Å². The molecule has 1 amide bonds. The van der Waals surface area contributed by atoms with E-state index in [2.05, 4.69) is 5.32 Å². The summed E-state index contributed by atoms with van der Waals surface area (Å²) in [6.45, 7) is 0.482. The number of guanidine groups is 1. The lowest BCUT2D eigenvalue weighted by molar-refractivity contribution is -0.105. The van der Waals surface area contributed by atoms with Crippen LogP contribution in [-0.2, 0) is 15.8 Å². The number of ether oxygens (including phenoxy) is 1. The molecule has 0 spiro atoms. The number of benzene rings is 1. The highest BCUT2D eigenvalue weighted by atomic mass is 32.2. The maximum absolute atomic E-state index is 12.6. The predicted octanol–water partition coefficient (Wildman–Crippen LogP) is 0.923. The fraction of sp³-hybridized carbons (Fsp3) is 0.429. The van der Waals surface area contributed by atoms with E-state index < -0.39 is 11.0 Å². The molecule has 2 aliphatic rings. The molecule has 3 rings (SSSR count). The Bertz CT molecular complexity index is 651. The van der Waals surface area contributed by atoms with E-state index in [1.165, 1.54) is 4.31 Å². The van der Waals surface area contributed by atoms with E-state index in [-0.39, 0.29) is 17.3 Å². The van der Waals surface area contributed by atoms with E-state index in [9.17, 15) is 9.00 Å². The van der Waals surface area contributed by atoms with Gasteiger partial charge in [-0.3, -0.25) is 14.5 Å². The van der Waals surface area contributed by atoms with Gasteiger partial charge in [0.05, 0.1) is 17.9 Å². The Labute approximate surface area is 131 Å². The molecule has 2 unspecified atom stereocenters. The van der Waals surface area contributed by atoms with Crippen molar-refractivity contribution in [2.45, 2.75) is 17.7 Å². The van der Waals surface area contributed by atoms with Gasteiger partial charge in [-0.15, -0.1) is 0 Å². The van der Waals surface area contributed by atoms with Crippen molar-refractivity contribution >= 4 is 29.0 Å². The van der Waals surface area contributed by atoms with Gasteiger partial charge < -0.3 is 15.0 Å². The molecular formula is C14H18N4O3S. The number of rotatable bonds is 2. The zero-order valence-corrected chi connectivity index (χ0v) is 13.2. The van der Waals surface area contributed by atoms with Crippen molar-refractivity contribution in [1.29, 1.82) is 5.41 Å². The van der Waals surface area contributed by atoms with Gasteiger partial charge in [-0.2, -0.15) is 0 Å². The van der Waals surface area contributed by atoms with Gasteiger partial charge in [0.1, 0.15) is 16.7 Å². The second-order valence-electron chi connectivity index (χ2n) is 5.34. The molecular weight excluding hydrogens is 304 g/mol. The smallest absolute Gasteiger partial charge is 0.211 e. The first-order chi connectivity index (χ1) is 10.5. The van der Waals surface area contributed by atoms with E-state index in [1.807, 2.05) is 24.1 Å². The lowest BCUT2D eigenvalue weighted by atomic mass is 9.99. The highest BCUT2D eigenvalue weighted by Gasteiger charge is 2.43. The van der Waals surface area contributed by atoms with Crippen LogP contribution in [0.15, 0.2) is 18.2 Å². The Hall–Kier alpha value is -2.09. The molecule has 7 nitrogen and oxygen atoms in total. The van der Waals surface area contributed by atoms with Crippen LogP contribution in [0.5, 0.6) is 5.75 Å². The second kappa shape index (κ2) is 5.60. The molecule has 0 bridgehead atoms. The van der Waals surface area contributed by atoms with Gasteiger partial charge in [0, 0.05) is 25.3 Å². The maximum Gasteiger partial charge on any atom is 0.211 e. The summed E-state index contributed by atoms with van der Waals surface area (Å²) in [6, 6.07) is 5.20. The van der Waals surface area contributed by atoms with Crippen LogP contribution in [0.1, 0.15) is 18.0 Å². The Morgan fingerprint density at radius 1 is 1.45 bits per heavy atom. The van der Waals surface area contributed by atoms with Crippen LogP contribution in [0.4, 0.5) is 5.69 Å². The summed E-state index contributed by atoms with van der Waals surface area (Å²) in [6.07, 6.45) is 1.26. The Kier molecular flexibility index (Phi) is 3.78. The van der Waals surface area contributed by atoms with Crippen LogP contribution in [-0.4, -0.2) is 51.7 Å². The predicted molar refractivity (Wildman–Crippen MR) is 84.2 cm³/mol. The summed E-state index contributed by atoms with van der Waals surface area (Å²) in [5.74, 6) is 0.923. The molecule has 1 fully saturated rings. The second-order valence-corrected chi connectivity index (χ2v) is 7.05. The first kappa shape index (κ1) is 14.8. The van der Waals surface area contributed by atoms with E-state index in [0.717, 1.165) is 5.56 Å².